The van der Waals surface area contributed by atoms with Gasteiger partial charge in [0.1, 0.15) is 5.54 Å². The maximum absolute atomic E-state index is 13.7. The molecule has 1 atom stereocenters. The number of aryl methyl sites for hydroxylation is 1. The summed E-state index contributed by atoms with van der Waals surface area (Å²) in [4.78, 5) is 28.7. The Balaban J connectivity index is 2.00. The number of amides is 2. The predicted octanol–water partition coefficient (Wildman–Crippen LogP) is 3.24. The van der Waals surface area contributed by atoms with E-state index in [1.165, 1.54) is 17.1 Å². The van der Waals surface area contributed by atoms with Crippen molar-refractivity contribution in [2.24, 2.45) is 0 Å². The van der Waals surface area contributed by atoms with E-state index in [-0.39, 0.29) is 36.7 Å². The van der Waals surface area contributed by atoms with E-state index in [1.807, 2.05) is 31.2 Å². The maximum atomic E-state index is 13.7. The molecule has 178 valence electrons. The van der Waals surface area contributed by atoms with Crippen molar-refractivity contribution in [1.29, 1.82) is 0 Å². The maximum Gasteiger partial charge on any atom is 0.247 e. The van der Waals surface area contributed by atoms with Crippen LogP contribution in [0.2, 0.25) is 0 Å². The van der Waals surface area contributed by atoms with E-state index in [2.05, 4.69) is 5.32 Å². The van der Waals surface area contributed by atoms with Gasteiger partial charge in [0.25, 0.3) is 0 Å². The van der Waals surface area contributed by atoms with E-state index in [9.17, 15) is 18.0 Å². The van der Waals surface area contributed by atoms with Crippen LogP contribution >= 0.6 is 0 Å². The summed E-state index contributed by atoms with van der Waals surface area (Å²) in [7, 11) is -3.63. The van der Waals surface area contributed by atoms with Gasteiger partial charge in [-0.3, -0.25) is 14.5 Å². The van der Waals surface area contributed by atoms with Gasteiger partial charge in [0.15, 0.2) is 0 Å². The Kier molecular flexibility index (Phi) is 7.98. The number of nitrogens with one attached hydrogen (secondary N) is 1. The van der Waals surface area contributed by atoms with Crippen LogP contribution in [0.1, 0.15) is 71.3 Å². The smallest absolute Gasteiger partial charge is 0.247 e. The molecule has 0 bridgehead atoms. The molecule has 1 aliphatic carbocycles. The Morgan fingerprint density at radius 1 is 1.12 bits per heavy atom. The lowest BCUT2D eigenvalue weighted by atomic mass is 9.92. The van der Waals surface area contributed by atoms with Crippen LogP contribution in [0.4, 0.5) is 5.69 Å². The lowest BCUT2D eigenvalue weighted by molar-refractivity contribution is -0.133. The first-order valence-electron chi connectivity index (χ1n) is 11.9. The molecule has 1 N–H and O–H groups in total. The minimum Gasteiger partial charge on any atom is -0.351 e. The van der Waals surface area contributed by atoms with Crippen LogP contribution in [0.25, 0.3) is 0 Å². The molecule has 2 amide bonds. The van der Waals surface area contributed by atoms with Gasteiger partial charge in [-0.1, -0.05) is 57.7 Å². The molecule has 1 aromatic rings. The number of hydrogen-bond donors (Lipinski definition) is 1. The third kappa shape index (κ3) is 5.17. The third-order valence-electron chi connectivity index (χ3n) is 6.69. The number of sulfonamides is 1. The van der Waals surface area contributed by atoms with Crippen molar-refractivity contribution in [1.82, 2.24) is 9.62 Å². The van der Waals surface area contributed by atoms with E-state index in [4.69, 9.17) is 0 Å². The lowest BCUT2D eigenvalue weighted by Crippen LogP contribution is -2.71. The van der Waals surface area contributed by atoms with E-state index in [1.54, 1.807) is 18.7 Å². The number of hydrogen-bond acceptors (Lipinski definition) is 4. The SMILES string of the molecule is CCCS(=O)(=O)N1CC(=O)N(c2ccccc2CC)[C@@](C)(C(=O)NC2CCCCCC2)C1. The summed E-state index contributed by atoms with van der Waals surface area (Å²) in [6, 6.07) is 7.63. The molecular weight excluding hydrogens is 426 g/mol. The van der Waals surface area contributed by atoms with Crippen LogP contribution in [0.15, 0.2) is 24.3 Å². The summed E-state index contributed by atoms with van der Waals surface area (Å²) in [5.41, 5.74) is 0.318. The molecule has 0 unspecified atom stereocenters. The third-order valence-corrected chi connectivity index (χ3v) is 8.66. The van der Waals surface area contributed by atoms with Crippen LogP contribution < -0.4 is 10.2 Å². The van der Waals surface area contributed by atoms with Crippen molar-refractivity contribution in [2.75, 3.05) is 23.7 Å². The van der Waals surface area contributed by atoms with Crippen molar-refractivity contribution in [3.05, 3.63) is 29.8 Å². The van der Waals surface area contributed by atoms with E-state index < -0.39 is 15.6 Å². The molecule has 8 heteroatoms. The molecule has 2 fully saturated rings. The van der Waals surface area contributed by atoms with E-state index >= 15 is 0 Å². The van der Waals surface area contributed by atoms with Crippen molar-refractivity contribution >= 4 is 27.5 Å². The highest BCUT2D eigenvalue weighted by molar-refractivity contribution is 7.89. The Morgan fingerprint density at radius 2 is 1.78 bits per heavy atom. The topological polar surface area (TPSA) is 86.8 Å². The van der Waals surface area contributed by atoms with E-state index in [0.29, 0.717) is 18.5 Å². The summed E-state index contributed by atoms with van der Waals surface area (Å²) in [5, 5.41) is 3.18. The first kappa shape index (κ1) is 24.7. The Labute approximate surface area is 192 Å². The van der Waals surface area contributed by atoms with Gasteiger partial charge in [-0.25, -0.2) is 8.42 Å². The highest BCUT2D eigenvalue weighted by Gasteiger charge is 2.51. The van der Waals surface area contributed by atoms with Crippen LogP contribution in [-0.4, -0.2) is 55.0 Å². The standard InChI is InChI=1S/C24H37N3O4S/c1-4-16-32(30,31)26-17-22(28)27(21-15-11-10-12-19(21)5-2)24(3,18-26)23(29)25-20-13-8-6-7-9-14-20/h10-12,15,20H,4-9,13-14,16-18H2,1-3H3,(H,25,29)/t24-/m1/s1. The van der Waals surface area contributed by atoms with Crippen molar-refractivity contribution in [2.45, 2.75) is 83.7 Å². The molecule has 32 heavy (non-hydrogen) atoms. The average Bonchev–Trinajstić information content (AvgIpc) is 3.02. The summed E-state index contributed by atoms with van der Waals surface area (Å²) in [6.07, 6.45) is 7.47. The lowest BCUT2D eigenvalue weighted by Gasteiger charge is -2.47. The van der Waals surface area contributed by atoms with Gasteiger partial charge in [-0.2, -0.15) is 4.31 Å². The summed E-state index contributed by atoms with van der Waals surface area (Å²) in [6.45, 7) is 5.22. The molecule has 0 spiro atoms. The fourth-order valence-electron chi connectivity index (χ4n) is 4.92. The minimum atomic E-state index is -3.63. The molecule has 1 aliphatic heterocycles. The molecule has 2 aliphatic rings. The molecule has 1 saturated heterocycles. The van der Waals surface area contributed by atoms with Gasteiger partial charge < -0.3 is 5.32 Å². The monoisotopic (exact) mass is 463 g/mol. The number of anilines is 1. The normalized spacial score (nSPS) is 23.7. The predicted molar refractivity (Wildman–Crippen MR) is 127 cm³/mol. The number of piperazine rings is 1. The molecule has 3 rings (SSSR count). The van der Waals surface area contributed by atoms with Crippen molar-refractivity contribution in [3.63, 3.8) is 0 Å². The second-order valence-electron chi connectivity index (χ2n) is 9.23. The highest BCUT2D eigenvalue weighted by Crippen LogP contribution is 2.34. The molecule has 1 saturated carbocycles. The zero-order valence-corrected chi connectivity index (χ0v) is 20.4. The fraction of sp³-hybridized carbons (Fsp3) is 0.667. The molecule has 7 nitrogen and oxygen atoms in total. The molecular formula is C24H37N3O4S. The first-order valence-corrected chi connectivity index (χ1v) is 13.5. The molecule has 0 radical (unpaired) electrons. The van der Waals surface area contributed by atoms with Crippen molar-refractivity contribution in [3.8, 4) is 0 Å². The molecule has 1 aromatic carbocycles. The number of carbonyl (C=O) groups excluding carboxylic acids is 2. The van der Waals surface area contributed by atoms with Crippen LogP contribution in [0, 0.1) is 0 Å². The van der Waals surface area contributed by atoms with Gasteiger partial charge in [0, 0.05) is 18.3 Å². The van der Waals surface area contributed by atoms with Crippen LogP contribution in [-0.2, 0) is 26.0 Å². The number of benzene rings is 1. The average molecular weight is 464 g/mol. The van der Waals surface area contributed by atoms with Gasteiger partial charge in [0.2, 0.25) is 21.8 Å². The van der Waals surface area contributed by atoms with E-state index in [0.717, 1.165) is 31.2 Å². The van der Waals surface area contributed by atoms with Gasteiger partial charge >= 0.3 is 0 Å². The minimum absolute atomic E-state index is 0.0356. The van der Waals surface area contributed by atoms with Gasteiger partial charge in [-0.15, -0.1) is 0 Å². The van der Waals surface area contributed by atoms with Crippen LogP contribution in [0.5, 0.6) is 0 Å². The summed E-state index contributed by atoms with van der Waals surface area (Å²) >= 11 is 0. The first-order chi connectivity index (χ1) is 15.2. The summed E-state index contributed by atoms with van der Waals surface area (Å²) < 4.78 is 26.9. The van der Waals surface area contributed by atoms with Crippen molar-refractivity contribution < 1.29 is 18.0 Å². The highest BCUT2D eigenvalue weighted by atomic mass is 32.2. The largest absolute Gasteiger partial charge is 0.351 e. The van der Waals surface area contributed by atoms with Crippen LogP contribution in [0.3, 0.4) is 0 Å². The molecule has 1 heterocycles. The zero-order valence-electron chi connectivity index (χ0n) is 19.6. The summed E-state index contributed by atoms with van der Waals surface area (Å²) in [5.74, 6) is -0.679. The number of rotatable bonds is 7. The zero-order chi connectivity index (χ0) is 23.4. The number of carbonyl (C=O) groups is 2. The van der Waals surface area contributed by atoms with Gasteiger partial charge in [0.05, 0.1) is 12.3 Å². The number of nitrogens with zero attached hydrogens (tertiary/aromatic N) is 2. The Hall–Kier alpha value is -1.93. The molecule has 0 aromatic heterocycles. The number of para-hydroxylation sites is 1. The fourth-order valence-corrected chi connectivity index (χ4v) is 6.45. The Bertz CT molecular complexity index is 925. The quantitative estimate of drug-likeness (QED) is 0.629. The second kappa shape index (κ2) is 10.3. The Morgan fingerprint density at radius 3 is 2.41 bits per heavy atom. The second-order valence-corrected chi connectivity index (χ2v) is 11.3. The van der Waals surface area contributed by atoms with Gasteiger partial charge in [-0.05, 0) is 44.2 Å².